The molecular weight excluding hydrogens is 218 g/mol. The van der Waals surface area contributed by atoms with Crippen molar-refractivity contribution in [2.75, 3.05) is 5.32 Å². The van der Waals surface area contributed by atoms with E-state index in [1.807, 2.05) is 18.2 Å². The van der Waals surface area contributed by atoms with Crippen molar-refractivity contribution in [2.24, 2.45) is 5.73 Å². The third-order valence-corrected chi connectivity index (χ3v) is 2.01. The monoisotopic (exact) mass is 229 g/mol. The first-order chi connectivity index (χ1) is 8.24. The van der Waals surface area contributed by atoms with Gasteiger partial charge in [0.05, 0.1) is 0 Å². The summed E-state index contributed by atoms with van der Waals surface area (Å²) in [6.45, 7) is 0. The summed E-state index contributed by atoms with van der Waals surface area (Å²) in [7, 11) is 0. The SMILES string of the molecule is NC(=O)Oc1ccc(Nc2ccccn2)cc1. The van der Waals surface area contributed by atoms with Crippen LogP contribution in [0.5, 0.6) is 5.75 Å². The molecule has 0 radical (unpaired) electrons. The summed E-state index contributed by atoms with van der Waals surface area (Å²) < 4.78 is 4.71. The number of anilines is 2. The molecule has 5 heteroatoms. The number of carbonyl (C=O) groups is 1. The van der Waals surface area contributed by atoms with Gasteiger partial charge >= 0.3 is 6.09 Å². The van der Waals surface area contributed by atoms with Crippen LogP contribution in [0.15, 0.2) is 48.7 Å². The molecule has 5 nitrogen and oxygen atoms in total. The molecule has 0 fully saturated rings. The summed E-state index contributed by atoms with van der Waals surface area (Å²) >= 11 is 0. The molecule has 3 N–H and O–H groups in total. The first-order valence-electron chi connectivity index (χ1n) is 4.99. The van der Waals surface area contributed by atoms with E-state index in [0.717, 1.165) is 11.5 Å². The smallest absolute Gasteiger partial charge is 0.409 e. The van der Waals surface area contributed by atoms with Crippen LogP contribution in [0, 0.1) is 0 Å². The highest BCUT2D eigenvalue weighted by molar-refractivity contribution is 5.68. The van der Waals surface area contributed by atoms with Gasteiger partial charge in [-0.15, -0.1) is 0 Å². The van der Waals surface area contributed by atoms with Gasteiger partial charge in [-0.1, -0.05) is 6.07 Å². The highest BCUT2D eigenvalue weighted by atomic mass is 16.5. The van der Waals surface area contributed by atoms with E-state index < -0.39 is 6.09 Å². The summed E-state index contributed by atoms with van der Waals surface area (Å²) in [6.07, 6.45) is 0.878. The second-order valence-corrected chi connectivity index (χ2v) is 3.29. The van der Waals surface area contributed by atoms with E-state index in [9.17, 15) is 4.79 Å². The maximum absolute atomic E-state index is 10.5. The Morgan fingerprint density at radius 2 is 1.94 bits per heavy atom. The van der Waals surface area contributed by atoms with E-state index in [1.54, 1.807) is 30.5 Å². The molecule has 0 unspecified atom stereocenters. The number of nitrogens with zero attached hydrogens (tertiary/aromatic N) is 1. The van der Waals surface area contributed by atoms with Crippen LogP contribution in [0.1, 0.15) is 0 Å². The van der Waals surface area contributed by atoms with E-state index in [-0.39, 0.29) is 0 Å². The minimum absolute atomic E-state index is 0.407. The fourth-order valence-electron chi connectivity index (χ4n) is 1.31. The fraction of sp³-hybridized carbons (Fsp3) is 0. The Labute approximate surface area is 98.2 Å². The molecule has 0 aliphatic rings. The van der Waals surface area contributed by atoms with Crippen LogP contribution < -0.4 is 15.8 Å². The maximum atomic E-state index is 10.5. The number of hydrogen-bond acceptors (Lipinski definition) is 4. The van der Waals surface area contributed by atoms with Crippen molar-refractivity contribution in [3.63, 3.8) is 0 Å². The normalized spacial score (nSPS) is 9.65. The number of hydrogen-bond donors (Lipinski definition) is 2. The first-order valence-corrected chi connectivity index (χ1v) is 4.99. The van der Waals surface area contributed by atoms with Gasteiger partial charge in [-0.25, -0.2) is 9.78 Å². The minimum atomic E-state index is -0.824. The van der Waals surface area contributed by atoms with Gasteiger partial charge in [-0.05, 0) is 36.4 Å². The zero-order valence-electron chi connectivity index (χ0n) is 8.96. The number of amides is 1. The fourth-order valence-corrected chi connectivity index (χ4v) is 1.31. The Hall–Kier alpha value is -2.56. The van der Waals surface area contributed by atoms with Crippen molar-refractivity contribution in [1.29, 1.82) is 0 Å². The number of benzene rings is 1. The van der Waals surface area contributed by atoms with Gasteiger partial charge in [0.1, 0.15) is 11.6 Å². The van der Waals surface area contributed by atoms with Crippen LogP contribution in [0.25, 0.3) is 0 Å². The summed E-state index contributed by atoms with van der Waals surface area (Å²) in [6, 6.07) is 12.4. The molecule has 0 aliphatic heterocycles. The van der Waals surface area contributed by atoms with Crippen LogP contribution >= 0.6 is 0 Å². The van der Waals surface area contributed by atoms with Crippen molar-refractivity contribution in [1.82, 2.24) is 4.98 Å². The first kappa shape index (κ1) is 10.9. The molecule has 1 amide bonds. The average Bonchev–Trinajstić information content (AvgIpc) is 2.32. The molecule has 1 aromatic carbocycles. The third-order valence-electron chi connectivity index (χ3n) is 2.01. The van der Waals surface area contributed by atoms with E-state index in [4.69, 9.17) is 10.5 Å². The second-order valence-electron chi connectivity index (χ2n) is 3.29. The van der Waals surface area contributed by atoms with Gasteiger partial charge in [-0.2, -0.15) is 0 Å². The summed E-state index contributed by atoms with van der Waals surface area (Å²) in [5.41, 5.74) is 5.75. The van der Waals surface area contributed by atoms with Gasteiger partial charge in [-0.3, -0.25) is 0 Å². The lowest BCUT2D eigenvalue weighted by molar-refractivity contribution is 0.211. The van der Waals surface area contributed by atoms with Crippen LogP contribution in [0.2, 0.25) is 0 Å². The Morgan fingerprint density at radius 1 is 1.18 bits per heavy atom. The predicted octanol–water partition coefficient (Wildman–Crippen LogP) is 2.28. The van der Waals surface area contributed by atoms with Crippen molar-refractivity contribution in [3.8, 4) is 5.75 Å². The Bertz CT molecular complexity index is 497. The molecule has 1 aromatic heterocycles. The molecule has 0 saturated heterocycles. The summed E-state index contributed by atoms with van der Waals surface area (Å²) in [4.78, 5) is 14.6. The predicted molar refractivity (Wildman–Crippen MR) is 64.2 cm³/mol. The van der Waals surface area contributed by atoms with Gasteiger partial charge in [0.2, 0.25) is 0 Å². The zero-order chi connectivity index (χ0) is 12.1. The standard InChI is InChI=1S/C12H11N3O2/c13-12(16)17-10-6-4-9(5-7-10)15-11-3-1-2-8-14-11/h1-8H,(H2,13,16)(H,14,15). The number of nitrogens with two attached hydrogens (primary N) is 1. The van der Waals surface area contributed by atoms with Gasteiger partial charge in [0.25, 0.3) is 0 Å². The van der Waals surface area contributed by atoms with Crippen molar-refractivity contribution >= 4 is 17.6 Å². The number of nitrogens with one attached hydrogen (secondary N) is 1. The molecule has 0 aliphatic carbocycles. The molecule has 1 heterocycles. The number of rotatable bonds is 3. The van der Waals surface area contributed by atoms with Gasteiger partial charge in [0, 0.05) is 11.9 Å². The Balaban J connectivity index is 2.06. The quantitative estimate of drug-likeness (QED) is 0.846. The number of aromatic nitrogens is 1. The lowest BCUT2D eigenvalue weighted by Gasteiger charge is -2.06. The van der Waals surface area contributed by atoms with E-state index in [0.29, 0.717) is 5.75 Å². The summed E-state index contributed by atoms with van der Waals surface area (Å²) in [5, 5.41) is 3.10. The molecule has 2 rings (SSSR count). The molecule has 86 valence electrons. The van der Waals surface area contributed by atoms with Crippen LogP contribution in [-0.4, -0.2) is 11.1 Å². The topological polar surface area (TPSA) is 77.2 Å². The van der Waals surface area contributed by atoms with E-state index in [1.165, 1.54) is 0 Å². The van der Waals surface area contributed by atoms with Gasteiger partial charge < -0.3 is 15.8 Å². The second kappa shape index (κ2) is 4.98. The van der Waals surface area contributed by atoms with Crippen molar-refractivity contribution < 1.29 is 9.53 Å². The largest absolute Gasteiger partial charge is 0.411 e. The number of primary amides is 1. The van der Waals surface area contributed by atoms with Crippen LogP contribution in [0.3, 0.4) is 0 Å². The molecule has 0 spiro atoms. The molecule has 17 heavy (non-hydrogen) atoms. The zero-order valence-corrected chi connectivity index (χ0v) is 8.96. The molecule has 0 saturated carbocycles. The Morgan fingerprint density at radius 3 is 2.53 bits per heavy atom. The molecule has 0 bridgehead atoms. The van der Waals surface area contributed by atoms with Crippen LogP contribution in [-0.2, 0) is 0 Å². The van der Waals surface area contributed by atoms with E-state index in [2.05, 4.69) is 10.3 Å². The Kier molecular flexibility index (Phi) is 3.20. The number of pyridine rings is 1. The molecule has 0 atom stereocenters. The molecule has 2 aromatic rings. The van der Waals surface area contributed by atoms with E-state index >= 15 is 0 Å². The molecular formula is C12H11N3O2. The van der Waals surface area contributed by atoms with Crippen molar-refractivity contribution in [3.05, 3.63) is 48.7 Å². The maximum Gasteiger partial charge on any atom is 0.409 e. The number of carbonyl (C=O) groups excluding carboxylic acids is 1. The lowest BCUT2D eigenvalue weighted by atomic mass is 10.3. The highest BCUT2D eigenvalue weighted by Gasteiger charge is 1.99. The lowest BCUT2D eigenvalue weighted by Crippen LogP contribution is -2.16. The van der Waals surface area contributed by atoms with Gasteiger partial charge in [0.15, 0.2) is 0 Å². The minimum Gasteiger partial charge on any atom is -0.411 e. The average molecular weight is 229 g/mol. The highest BCUT2D eigenvalue weighted by Crippen LogP contribution is 2.18. The number of ether oxygens (including phenoxy) is 1. The summed E-state index contributed by atoms with van der Waals surface area (Å²) in [5.74, 6) is 1.15. The third kappa shape index (κ3) is 3.20. The van der Waals surface area contributed by atoms with Crippen molar-refractivity contribution in [2.45, 2.75) is 0 Å². The van der Waals surface area contributed by atoms with Crippen LogP contribution in [0.4, 0.5) is 16.3 Å².